The topological polar surface area (TPSA) is 64.4 Å². The van der Waals surface area contributed by atoms with Crippen LogP contribution in [-0.2, 0) is 6.67 Å². The van der Waals surface area contributed by atoms with E-state index in [1.807, 2.05) is 0 Å². The molecule has 1 N–H and O–H groups in total. The number of hydrogen-bond donors (Lipinski definition) is 1. The van der Waals surface area contributed by atoms with Gasteiger partial charge < -0.3 is 14.5 Å². The molecule has 2 aromatic heterocycles. The highest BCUT2D eigenvalue weighted by Gasteiger charge is 2.08. The van der Waals surface area contributed by atoms with Crippen molar-refractivity contribution >= 4 is 33.3 Å². The lowest BCUT2D eigenvalue weighted by Crippen LogP contribution is -2.03. The SMILES string of the molecule is O=c1oc(Nc2ccc(Oc3ccc(CF)cc3)cc2)nc2ccsc12. The van der Waals surface area contributed by atoms with E-state index in [1.165, 1.54) is 11.3 Å². The Hall–Kier alpha value is -3.19. The monoisotopic (exact) mass is 368 g/mol. The summed E-state index contributed by atoms with van der Waals surface area (Å²) in [5.41, 5.74) is 1.50. The van der Waals surface area contributed by atoms with Crippen molar-refractivity contribution in [3.8, 4) is 11.5 Å². The van der Waals surface area contributed by atoms with E-state index in [1.54, 1.807) is 60.0 Å². The van der Waals surface area contributed by atoms with E-state index in [4.69, 9.17) is 9.15 Å². The van der Waals surface area contributed by atoms with Crippen LogP contribution in [0.25, 0.3) is 10.2 Å². The van der Waals surface area contributed by atoms with Gasteiger partial charge in [0, 0.05) is 5.69 Å². The normalized spacial score (nSPS) is 10.8. The van der Waals surface area contributed by atoms with Crippen LogP contribution in [0.2, 0.25) is 0 Å². The van der Waals surface area contributed by atoms with Crippen molar-refractivity contribution in [2.75, 3.05) is 5.32 Å². The summed E-state index contributed by atoms with van der Waals surface area (Å²) in [4.78, 5) is 16.1. The predicted molar refractivity (Wildman–Crippen MR) is 99.2 cm³/mol. The predicted octanol–water partition coefficient (Wildman–Crippen LogP) is 5.25. The molecule has 2 aromatic carbocycles. The van der Waals surface area contributed by atoms with E-state index in [2.05, 4.69) is 10.3 Å². The summed E-state index contributed by atoms with van der Waals surface area (Å²) in [5.74, 6) is 1.25. The van der Waals surface area contributed by atoms with Gasteiger partial charge in [-0.3, -0.25) is 0 Å². The van der Waals surface area contributed by atoms with Gasteiger partial charge in [0.15, 0.2) is 0 Å². The summed E-state index contributed by atoms with van der Waals surface area (Å²) < 4.78 is 23.9. The standard InChI is InChI=1S/C19H13FN2O3S/c20-11-12-1-5-14(6-2-12)24-15-7-3-13(4-8-15)21-19-22-16-9-10-26-17(16)18(23)25-19/h1-10H,11H2,(H,21,22). The van der Waals surface area contributed by atoms with E-state index in [0.717, 1.165) is 0 Å². The number of thiophene rings is 1. The molecular formula is C19H13FN2O3S. The van der Waals surface area contributed by atoms with Gasteiger partial charge in [-0.2, -0.15) is 4.98 Å². The van der Waals surface area contributed by atoms with Crippen LogP contribution in [-0.4, -0.2) is 4.98 Å². The summed E-state index contributed by atoms with van der Waals surface area (Å²) in [6, 6.07) is 15.8. The van der Waals surface area contributed by atoms with Crippen LogP contribution in [0.4, 0.5) is 16.1 Å². The molecule has 0 atom stereocenters. The Kier molecular flexibility index (Phi) is 4.37. The number of benzene rings is 2. The van der Waals surface area contributed by atoms with Crippen LogP contribution in [0, 0.1) is 0 Å². The lowest BCUT2D eigenvalue weighted by atomic mass is 10.2. The van der Waals surface area contributed by atoms with Gasteiger partial charge in [-0.15, -0.1) is 11.3 Å². The highest BCUT2D eigenvalue weighted by Crippen LogP contribution is 2.25. The number of nitrogens with one attached hydrogen (secondary N) is 1. The molecule has 26 heavy (non-hydrogen) atoms. The van der Waals surface area contributed by atoms with Gasteiger partial charge in [0.25, 0.3) is 0 Å². The second kappa shape index (κ2) is 6.97. The third-order valence-electron chi connectivity index (χ3n) is 3.66. The molecule has 7 heteroatoms. The minimum Gasteiger partial charge on any atom is -0.457 e. The second-order valence-corrected chi connectivity index (χ2v) is 6.39. The molecule has 0 aliphatic rings. The smallest absolute Gasteiger partial charge is 0.358 e. The van der Waals surface area contributed by atoms with Crippen LogP contribution in [0.3, 0.4) is 0 Å². The van der Waals surface area contributed by atoms with Crippen molar-refractivity contribution in [3.05, 3.63) is 76.0 Å². The van der Waals surface area contributed by atoms with Crippen LogP contribution < -0.4 is 15.7 Å². The third-order valence-corrected chi connectivity index (χ3v) is 4.54. The summed E-state index contributed by atoms with van der Waals surface area (Å²) in [5, 5.41) is 4.76. The van der Waals surface area contributed by atoms with Crippen LogP contribution >= 0.6 is 11.3 Å². The number of nitrogens with zero attached hydrogens (tertiary/aromatic N) is 1. The molecule has 0 amide bonds. The van der Waals surface area contributed by atoms with Crippen molar-refractivity contribution in [2.45, 2.75) is 6.67 Å². The molecule has 0 saturated carbocycles. The number of anilines is 2. The molecule has 4 aromatic rings. The minimum atomic E-state index is -0.498. The maximum atomic E-state index is 12.5. The average Bonchev–Trinajstić information content (AvgIpc) is 3.13. The maximum absolute atomic E-state index is 12.5. The fourth-order valence-electron chi connectivity index (χ4n) is 2.38. The largest absolute Gasteiger partial charge is 0.457 e. The highest BCUT2D eigenvalue weighted by atomic mass is 32.1. The van der Waals surface area contributed by atoms with Crippen molar-refractivity contribution in [3.63, 3.8) is 0 Å². The van der Waals surface area contributed by atoms with E-state index in [0.29, 0.717) is 33.0 Å². The Morgan fingerprint density at radius 2 is 1.73 bits per heavy atom. The lowest BCUT2D eigenvalue weighted by Gasteiger charge is -2.08. The number of rotatable bonds is 5. The number of halogens is 1. The van der Waals surface area contributed by atoms with Crippen LogP contribution in [0.1, 0.15) is 5.56 Å². The lowest BCUT2D eigenvalue weighted by molar-refractivity contribution is 0.475. The van der Waals surface area contributed by atoms with E-state index >= 15 is 0 Å². The first kappa shape index (κ1) is 16.3. The number of aromatic nitrogens is 1. The Bertz CT molecular complexity index is 1090. The van der Waals surface area contributed by atoms with Crippen molar-refractivity contribution in [1.82, 2.24) is 4.98 Å². The fourth-order valence-corrected chi connectivity index (χ4v) is 3.08. The minimum absolute atomic E-state index is 0.136. The Labute approximate surface area is 151 Å². The van der Waals surface area contributed by atoms with Crippen molar-refractivity contribution < 1.29 is 13.5 Å². The molecule has 0 aliphatic carbocycles. The van der Waals surface area contributed by atoms with Crippen molar-refractivity contribution in [1.29, 1.82) is 0 Å². The second-order valence-electron chi connectivity index (χ2n) is 5.47. The first-order chi connectivity index (χ1) is 12.7. The number of ether oxygens (including phenoxy) is 1. The molecule has 0 spiro atoms. The van der Waals surface area contributed by atoms with Gasteiger partial charge >= 0.3 is 11.6 Å². The molecular weight excluding hydrogens is 355 g/mol. The molecule has 0 aliphatic heterocycles. The number of hydrogen-bond acceptors (Lipinski definition) is 6. The van der Waals surface area contributed by atoms with Gasteiger partial charge in [0.05, 0.1) is 5.52 Å². The number of fused-ring (bicyclic) bond motifs is 1. The zero-order valence-electron chi connectivity index (χ0n) is 13.4. The van der Waals surface area contributed by atoms with Gasteiger partial charge in [0.2, 0.25) is 0 Å². The van der Waals surface area contributed by atoms with E-state index in [-0.39, 0.29) is 6.01 Å². The third kappa shape index (κ3) is 3.43. The first-order valence-corrected chi connectivity index (χ1v) is 8.67. The van der Waals surface area contributed by atoms with E-state index < -0.39 is 12.3 Å². The zero-order valence-corrected chi connectivity index (χ0v) is 14.3. The quantitative estimate of drug-likeness (QED) is 0.521. The molecule has 0 saturated heterocycles. The van der Waals surface area contributed by atoms with Crippen LogP contribution in [0.5, 0.6) is 11.5 Å². The first-order valence-electron chi connectivity index (χ1n) is 7.79. The van der Waals surface area contributed by atoms with Gasteiger partial charge in [-0.25, -0.2) is 9.18 Å². The number of alkyl halides is 1. The Morgan fingerprint density at radius 1 is 1.04 bits per heavy atom. The molecule has 0 unspecified atom stereocenters. The Morgan fingerprint density at radius 3 is 2.42 bits per heavy atom. The summed E-state index contributed by atoms with van der Waals surface area (Å²) in [6.07, 6.45) is 0. The molecule has 130 valence electrons. The Balaban J connectivity index is 1.48. The van der Waals surface area contributed by atoms with Gasteiger partial charge in [0.1, 0.15) is 22.9 Å². The van der Waals surface area contributed by atoms with Gasteiger partial charge in [-0.1, -0.05) is 12.1 Å². The fraction of sp³-hybridized carbons (Fsp3) is 0.0526. The summed E-state index contributed by atoms with van der Waals surface area (Å²) in [7, 11) is 0. The van der Waals surface area contributed by atoms with Crippen LogP contribution in [0.15, 0.2) is 69.2 Å². The average molecular weight is 368 g/mol. The van der Waals surface area contributed by atoms with E-state index in [9.17, 15) is 9.18 Å². The molecule has 2 heterocycles. The molecule has 4 rings (SSSR count). The summed E-state index contributed by atoms with van der Waals surface area (Å²) in [6.45, 7) is -0.498. The molecule has 5 nitrogen and oxygen atoms in total. The van der Waals surface area contributed by atoms with Crippen molar-refractivity contribution in [2.24, 2.45) is 0 Å². The molecule has 0 bridgehead atoms. The summed E-state index contributed by atoms with van der Waals surface area (Å²) >= 11 is 1.30. The maximum Gasteiger partial charge on any atom is 0.358 e. The molecule has 0 fully saturated rings. The zero-order chi connectivity index (χ0) is 17.9. The highest BCUT2D eigenvalue weighted by molar-refractivity contribution is 7.17. The molecule has 0 radical (unpaired) electrons. The van der Waals surface area contributed by atoms with Gasteiger partial charge in [-0.05, 0) is 53.4 Å².